The van der Waals surface area contributed by atoms with E-state index in [2.05, 4.69) is 20.6 Å². The Labute approximate surface area is 169 Å². The molecular weight excluding hydrogens is 367 g/mol. The van der Waals surface area contributed by atoms with E-state index in [4.69, 9.17) is 0 Å². The predicted molar refractivity (Wildman–Crippen MR) is 111 cm³/mol. The van der Waals surface area contributed by atoms with Gasteiger partial charge in [-0.15, -0.1) is 0 Å². The zero-order valence-electron chi connectivity index (χ0n) is 16.1. The molecule has 29 heavy (non-hydrogen) atoms. The lowest BCUT2D eigenvalue weighted by molar-refractivity contribution is 0.0946. The van der Waals surface area contributed by atoms with Crippen molar-refractivity contribution in [2.75, 3.05) is 5.32 Å². The van der Waals surface area contributed by atoms with Crippen molar-refractivity contribution in [3.8, 4) is 11.4 Å². The minimum Gasteiger partial charge on any atom is -0.367 e. The monoisotopic (exact) mass is 390 g/mol. The summed E-state index contributed by atoms with van der Waals surface area (Å²) in [6.45, 7) is 0.301. The maximum absolute atomic E-state index is 13.1. The molecule has 1 aromatic heterocycles. The second kappa shape index (κ2) is 8.82. The lowest BCUT2D eigenvalue weighted by atomic mass is 10.2. The summed E-state index contributed by atoms with van der Waals surface area (Å²) >= 11 is 0. The number of hydrogen-bond acceptors (Lipinski definition) is 4. The molecule has 0 spiro atoms. The number of carbonyl (C=O) groups excluding carboxylic acids is 1. The summed E-state index contributed by atoms with van der Waals surface area (Å²) < 4.78 is 13.1. The summed E-state index contributed by atoms with van der Waals surface area (Å²) in [5.74, 6) is 0.590. The van der Waals surface area contributed by atoms with Crippen LogP contribution in [0.5, 0.6) is 0 Å². The van der Waals surface area contributed by atoms with Crippen LogP contribution in [0.15, 0.2) is 60.7 Å². The summed E-state index contributed by atoms with van der Waals surface area (Å²) in [5, 5.41) is 6.31. The third-order valence-corrected chi connectivity index (χ3v) is 5.06. The van der Waals surface area contributed by atoms with Crippen molar-refractivity contribution in [2.45, 2.75) is 38.3 Å². The molecule has 0 aliphatic heterocycles. The molecule has 1 aliphatic carbocycles. The molecular formula is C23H23FN4O. The van der Waals surface area contributed by atoms with Gasteiger partial charge in [0.25, 0.3) is 5.91 Å². The Morgan fingerprint density at radius 1 is 1.00 bits per heavy atom. The SMILES string of the molecule is O=C(NCc1ccc(F)cc1)c1cc(NC2CCCC2)nc(-c2ccccc2)n1. The van der Waals surface area contributed by atoms with Crippen molar-refractivity contribution in [1.82, 2.24) is 15.3 Å². The maximum Gasteiger partial charge on any atom is 0.270 e. The van der Waals surface area contributed by atoms with Crippen molar-refractivity contribution in [3.63, 3.8) is 0 Å². The molecule has 3 aromatic rings. The lowest BCUT2D eigenvalue weighted by Crippen LogP contribution is -2.25. The van der Waals surface area contributed by atoms with E-state index in [0.717, 1.165) is 24.0 Å². The fourth-order valence-electron chi connectivity index (χ4n) is 3.51. The molecule has 4 rings (SSSR count). The van der Waals surface area contributed by atoms with Gasteiger partial charge in [-0.3, -0.25) is 4.79 Å². The smallest absolute Gasteiger partial charge is 0.270 e. The van der Waals surface area contributed by atoms with E-state index < -0.39 is 0 Å². The predicted octanol–water partition coefficient (Wildman–Crippen LogP) is 4.57. The zero-order chi connectivity index (χ0) is 20.1. The van der Waals surface area contributed by atoms with Crippen LogP contribution < -0.4 is 10.6 Å². The van der Waals surface area contributed by atoms with Gasteiger partial charge in [0.05, 0.1) is 0 Å². The largest absolute Gasteiger partial charge is 0.367 e. The number of anilines is 1. The Morgan fingerprint density at radius 3 is 2.45 bits per heavy atom. The number of benzene rings is 2. The third kappa shape index (κ3) is 4.96. The van der Waals surface area contributed by atoms with Crippen LogP contribution in [0.4, 0.5) is 10.2 Å². The molecule has 1 saturated carbocycles. The molecule has 1 heterocycles. The van der Waals surface area contributed by atoms with E-state index in [9.17, 15) is 9.18 Å². The highest BCUT2D eigenvalue weighted by Crippen LogP contribution is 2.23. The third-order valence-electron chi connectivity index (χ3n) is 5.06. The summed E-state index contributed by atoms with van der Waals surface area (Å²) in [5.41, 5.74) is 1.98. The van der Waals surface area contributed by atoms with Gasteiger partial charge in [-0.1, -0.05) is 55.3 Å². The first kappa shape index (κ1) is 19.1. The molecule has 2 N–H and O–H groups in total. The number of amides is 1. The summed E-state index contributed by atoms with van der Waals surface area (Å²) in [4.78, 5) is 21.9. The van der Waals surface area contributed by atoms with Crippen molar-refractivity contribution >= 4 is 11.7 Å². The molecule has 0 unspecified atom stereocenters. The number of nitrogens with one attached hydrogen (secondary N) is 2. The first-order chi connectivity index (χ1) is 14.2. The van der Waals surface area contributed by atoms with Gasteiger partial charge in [-0.2, -0.15) is 0 Å². The Bertz CT molecular complexity index is 970. The van der Waals surface area contributed by atoms with Gasteiger partial charge in [0.1, 0.15) is 17.3 Å². The molecule has 148 valence electrons. The standard InChI is InChI=1S/C23H23FN4O/c24-18-12-10-16(11-13-18)15-25-23(29)20-14-21(26-19-8-4-5-9-19)28-22(27-20)17-6-2-1-3-7-17/h1-3,6-7,10-14,19H,4-5,8-9,15H2,(H,25,29)(H,26,27,28). The average Bonchev–Trinajstić information content (AvgIpc) is 3.26. The van der Waals surface area contributed by atoms with Crippen LogP contribution >= 0.6 is 0 Å². The van der Waals surface area contributed by atoms with Gasteiger partial charge >= 0.3 is 0 Å². The summed E-state index contributed by atoms with van der Waals surface area (Å²) in [6, 6.07) is 17.8. The highest BCUT2D eigenvalue weighted by atomic mass is 19.1. The molecule has 0 atom stereocenters. The van der Waals surface area contributed by atoms with E-state index in [0.29, 0.717) is 29.9 Å². The van der Waals surface area contributed by atoms with E-state index in [-0.39, 0.29) is 11.7 Å². The molecule has 1 amide bonds. The number of halogens is 1. The van der Waals surface area contributed by atoms with Crippen LogP contribution in [0.25, 0.3) is 11.4 Å². The first-order valence-corrected chi connectivity index (χ1v) is 9.91. The average molecular weight is 390 g/mol. The van der Waals surface area contributed by atoms with E-state index in [1.165, 1.54) is 25.0 Å². The summed E-state index contributed by atoms with van der Waals surface area (Å²) in [6.07, 6.45) is 4.63. The molecule has 0 radical (unpaired) electrons. The number of nitrogens with zero attached hydrogens (tertiary/aromatic N) is 2. The second-order valence-electron chi connectivity index (χ2n) is 7.26. The van der Waals surface area contributed by atoms with Crippen LogP contribution in [0.1, 0.15) is 41.7 Å². The highest BCUT2D eigenvalue weighted by Gasteiger charge is 2.18. The molecule has 0 bridgehead atoms. The Hall–Kier alpha value is -3.28. The first-order valence-electron chi connectivity index (χ1n) is 9.91. The molecule has 1 fully saturated rings. The zero-order valence-corrected chi connectivity index (χ0v) is 16.1. The van der Waals surface area contributed by atoms with Crippen LogP contribution in [-0.4, -0.2) is 21.9 Å². The quantitative estimate of drug-likeness (QED) is 0.647. The van der Waals surface area contributed by atoms with Crippen molar-refractivity contribution in [1.29, 1.82) is 0 Å². The van der Waals surface area contributed by atoms with Gasteiger partial charge in [-0.25, -0.2) is 14.4 Å². The molecule has 0 saturated heterocycles. The number of aromatic nitrogens is 2. The summed E-state index contributed by atoms with van der Waals surface area (Å²) in [7, 11) is 0. The van der Waals surface area contributed by atoms with E-state index >= 15 is 0 Å². The Morgan fingerprint density at radius 2 is 1.72 bits per heavy atom. The van der Waals surface area contributed by atoms with Gasteiger partial charge < -0.3 is 10.6 Å². The minimum atomic E-state index is -0.300. The van der Waals surface area contributed by atoms with E-state index in [1.807, 2.05) is 30.3 Å². The second-order valence-corrected chi connectivity index (χ2v) is 7.26. The fraction of sp³-hybridized carbons (Fsp3) is 0.261. The number of rotatable bonds is 6. The molecule has 1 aliphatic rings. The van der Waals surface area contributed by atoms with Gasteiger partial charge in [0, 0.05) is 24.2 Å². The van der Waals surface area contributed by atoms with E-state index in [1.54, 1.807) is 18.2 Å². The number of hydrogen-bond donors (Lipinski definition) is 2. The van der Waals surface area contributed by atoms with Gasteiger partial charge in [-0.05, 0) is 30.5 Å². The molecule has 5 nitrogen and oxygen atoms in total. The van der Waals surface area contributed by atoms with Gasteiger partial charge in [0.15, 0.2) is 5.82 Å². The van der Waals surface area contributed by atoms with Crippen LogP contribution in [0.2, 0.25) is 0 Å². The lowest BCUT2D eigenvalue weighted by Gasteiger charge is -2.15. The van der Waals surface area contributed by atoms with Crippen LogP contribution in [-0.2, 0) is 6.54 Å². The van der Waals surface area contributed by atoms with Crippen LogP contribution in [0.3, 0.4) is 0 Å². The molecule has 6 heteroatoms. The Balaban J connectivity index is 1.56. The topological polar surface area (TPSA) is 66.9 Å². The fourth-order valence-corrected chi connectivity index (χ4v) is 3.51. The van der Waals surface area contributed by atoms with Crippen LogP contribution in [0, 0.1) is 5.82 Å². The van der Waals surface area contributed by atoms with Gasteiger partial charge in [0.2, 0.25) is 0 Å². The van der Waals surface area contributed by atoms with Crippen molar-refractivity contribution in [2.24, 2.45) is 0 Å². The highest BCUT2D eigenvalue weighted by molar-refractivity contribution is 5.93. The molecule has 2 aromatic carbocycles. The minimum absolute atomic E-state index is 0.289. The number of carbonyl (C=O) groups is 1. The van der Waals surface area contributed by atoms with Crippen molar-refractivity contribution < 1.29 is 9.18 Å². The maximum atomic E-state index is 13.1. The Kier molecular flexibility index (Phi) is 5.79. The normalized spacial score (nSPS) is 14.0. The van der Waals surface area contributed by atoms with Crippen molar-refractivity contribution in [3.05, 3.63) is 77.7 Å².